The van der Waals surface area contributed by atoms with Crippen molar-refractivity contribution in [2.45, 2.75) is 17.2 Å². The van der Waals surface area contributed by atoms with Crippen molar-refractivity contribution in [3.8, 4) is 0 Å². The van der Waals surface area contributed by atoms with Gasteiger partial charge >= 0.3 is 12.4 Å². The SMILES string of the molecule is O=S(=O)(Nc1nnc(C(F)(F)F)s1)c1ccc(Br)cc1C(F)(F)F. The molecule has 1 aromatic heterocycles. The molecular formula is C10H4BrF6N3O2S2. The topological polar surface area (TPSA) is 72.0 Å². The van der Waals surface area contributed by atoms with Gasteiger partial charge in [0.1, 0.15) is 0 Å². The smallest absolute Gasteiger partial charge is 0.253 e. The second kappa shape index (κ2) is 6.15. The summed E-state index contributed by atoms with van der Waals surface area (Å²) < 4.78 is 102. The van der Waals surface area contributed by atoms with Crippen LogP contribution in [0.4, 0.5) is 31.5 Å². The number of halogens is 7. The molecule has 0 spiro atoms. The van der Waals surface area contributed by atoms with E-state index in [1.165, 1.54) is 0 Å². The molecule has 0 saturated heterocycles. The van der Waals surface area contributed by atoms with Crippen molar-refractivity contribution >= 4 is 42.4 Å². The van der Waals surface area contributed by atoms with Crippen molar-refractivity contribution in [2.24, 2.45) is 0 Å². The monoisotopic (exact) mass is 455 g/mol. The minimum atomic E-state index is -4.99. The van der Waals surface area contributed by atoms with Crippen molar-refractivity contribution < 1.29 is 34.8 Å². The van der Waals surface area contributed by atoms with Crippen LogP contribution in [0.5, 0.6) is 0 Å². The number of alkyl halides is 6. The van der Waals surface area contributed by atoms with E-state index in [0.29, 0.717) is 12.1 Å². The predicted octanol–water partition coefficient (Wildman–Crippen LogP) is 4.14. The van der Waals surface area contributed by atoms with Crippen LogP contribution in [0.1, 0.15) is 10.6 Å². The number of benzene rings is 1. The van der Waals surface area contributed by atoms with Gasteiger partial charge in [-0.25, -0.2) is 8.42 Å². The first-order chi connectivity index (χ1) is 10.8. The van der Waals surface area contributed by atoms with Gasteiger partial charge in [-0.15, -0.1) is 10.2 Å². The van der Waals surface area contributed by atoms with Crippen LogP contribution in [0, 0.1) is 0 Å². The Hall–Kier alpha value is -1.41. The normalized spacial score (nSPS) is 13.1. The zero-order chi connectivity index (χ0) is 18.3. The molecule has 2 rings (SSSR count). The first-order valence-electron chi connectivity index (χ1n) is 5.61. The lowest BCUT2D eigenvalue weighted by atomic mass is 10.2. The van der Waals surface area contributed by atoms with Crippen molar-refractivity contribution in [2.75, 3.05) is 4.72 Å². The van der Waals surface area contributed by atoms with E-state index in [1.54, 1.807) is 4.72 Å². The van der Waals surface area contributed by atoms with Crippen molar-refractivity contribution in [1.29, 1.82) is 0 Å². The predicted molar refractivity (Wildman–Crippen MR) is 74.9 cm³/mol. The first-order valence-corrected chi connectivity index (χ1v) is 8.70. The molecule has 1 heterocycles. The van der Waals surface area contributed by atoms with E-state index in [-0.39, 0.29) is 15.8 Å². The van der Waals surface area contributed by atoms with Crippen molar-refractivity contribution in [3.05, 3.63) is 33.2 Å². The average molecular weight is 456 g/mol. The maximum atomic E-state index is 13.0. The lowest BCUT2D eigenvalue weighted by molar-refractivity contribution is -0.140. The Morgan fingerprint density at radius 1 is 1.04 bits per heavy atom. The Labute approximate surface area is 142 Å². The Bertz CT molecular complexity index is 862. The number of hydrogen-bond acceptors (Lipinski definition) is 5. The third-order valence-corrected chi connectivity index (χ3v) is 5.33. The first kappa shape index (κ1) is 18.9. The summed E-state index contributed by atoms with van der Waals surface area (Å²) in [6.45, 7) is 0. The van der Waals surface area contributed by atoms with Gasteiger partial charge in [-0.3, -0.25) is 4.72 Å². The van der Waals surface area contributed by atoms with E-state index >= 15 is 0 Å². The zero-order valence-corrected chi connectivity index (χ0v) is 14.1. The Morgan fingerprint density at radius 3 is 2.17 bits per heavy atom. The average Bonchev–Trinajstić information content (AvgIpc) is 2.85. The molecule has 0 bridgehead atoms. The molecule has 1 aromatic carbocycles. The summed E-state index contributed by atoms with van der Waals surface area (Å²) in [6, 6.07) is 2.25. The van der Waals surface area contributed by atoms with Crippen LogP contribution in [0.15, 0.2) is 27.6 Å². The maximum Gasteiger partial charge on any atom is 0.445 e. The molecule has 0 saturated carbocycles. The molecule has 132 valence electrons. The largest absolute Gasteiger partial charge is 0.445 e. The zero-order valence-electron chi connectivity index (χ0n) is 10.9. The van der Waals surface area contributed by atoms with Gasteiger partial charge in [-0.1, -0.05) is 27.3 Å². The number of hydrogen-bond donors (Lipinski definition) is 1. The maximum absolute atomic E-state index is 13.0. The third kappa shape index (κ3) is 4.16. The highest BCUT2D eigenvalue weighted by Crippen LogP contribution is 2.37. The van der Waals surface area contributed by atoms with Gasteiger partial charge in [0.15, 0.2) is 0 Å². The molecule has 0 aliphatic rings. The summed E-state index contributed by atoms with van der Waals surface area (Å²) in [5, 5.41) is 3.46. The summed E-state index contributed by atoms with van der Waals surface area (Å²) in [7, 11) is -4.83. The van der Waals surface area contributed by atoms with Gasteiger partial charge in [-0.2, -0.15) is 26.3 Å². The number of nitrogens with one attached hydrogen (secondary N) is 1. The summed E-state index contributed by atoms with van der Waals surface area (Å²) >= 11 is 2.64. The summed E-state index contributed by atoms with van der Waals surface area (Å²) in [5.41, 5.74) is -1.48. The van der Waals surface area contributed by atoms with Crippen LogP contribution in [0.2, 0.25) is 0 Å². The van der Waals surface area contributed by atoms with E-state index in [2.05, 4.69) is 26.1 Å². The molecule has 0 unspecified atom stereocenters. The molecule has 0 aliphatic heterocycles. The van der Waals surface area contributed by atoms with Gasteiger partial charge in [0.05, 0.1) is 10.5 Å². The van der Waals surface area contributed by atoms with Crippen LogP contribution < -0.4 is 4.72 Å². The van der Waals surface area contributed by atoms with Crippen LogP contribution in [0.3, 0.4) is 0 Å². The summed E-state index contributed by atoms with van der Waals surface area (Å²) in [5.74, 6) is 0. The van der Waals surface area contributed by atoms with E-state index in [9.17, 15) is 34.8 Å². The second-order valence-electron chi connectivity index (χ2n) is 4.15. The summed E-state index contributed by atoms with van der Waals surface area (Å²) in [6.07, 6.45) is -9.85. The van der Waals surface area contributed by atoms with Gasteiger partial charge in [0.25, 0.3) is 10.0 Å². The Balaban J connectivity index is 2.43. The molecule has 1 N–H and O–H groups in total. The van der Waals surface area contributed by atoms with E-state index in [1.807, 2.05) is 0 Å². The lowest BCUT2D eigenvalue weighted by Gasteiger charge is -2.13. The fraction of sp³-hybridized carbons (Fsp3) is 0.200. The van der Waals surface area contributed by atoms with Crippen LogP contribution in [-0.4, -0.2) is 18.6 Å². The second-order valence-corrected chi connectivity index (χ2v) is 7.70. The molecule has 0 amide bonds. The van der Waals surface area contributed by atoms with Crippen LogP contribution in [0.25, 0.3) is 0 Å². The highest BCUT2D eigenvalue weighted by Gasteiger charge is 2.39. The van der Waals surface area contributed by atoms with Gasteiger partial charge in [-0.05, 0) is 18.2 Å². The fourth-order valence-electron chi connectivity index (χ4n) is 1.51. The highest BCUT2D eigenvalue weighted by molar-refractivity contribution is 9.10. The van der Waals surface area contributed by atoms with E-state index in [0.717, 1.165) is 6.07 Å². The molecule has 24 heavy (non-hydrogen) atoms. The highest BCUT2D eigenvalue weighted by atomic mass is 79.9. The van der Waals surface area contributed by atoms with Gasteiger partial charge in [0.2, 0.25) is 10.1 Å². The molecule has 0 aliphatic carbocycles. The van der Waals surface area contributed by atoms with Crippen LogP contribution >= 0.6 is 27.3 Å². The van der Waals surface area contributed by atoms with Gasteiger partial charge in [0, 0.05) is 4.47 Å². The molecule has 5 nitrogen and oxygen atoms in total. The minimum Gasteiger partial charge on any atom is -0.253 e. The minimum absolute atomic E-state index is 0.0240. The van der Waals surface area contributed by atoms with Gasteiger partial charge < -0.3 is 0 Å². The molecule has 2 aromatic rings. The number of sulfonamides is 1. The van der Waals surface area contributed by atoms with Crippen LogP contribution in [-0.2, 0) is 22.4 Å². The lowest BCUT2D eigenvalue weighted by Crippen LogP contribution is -2.19. The molecular weight excluding hydrogens is 452 g/mol. The quantitative estimate of drug-likeness (QED) is 0.706. The Kier molecular flexibility index (Phi) is 4.85. The number of nitrogens with zero attached hydrogens (tertiary/aromatic N) is 2. The van der Waals surface area contributed by atoms with Crippen molar-refractivity contribution in [1.82, 2.24) is 10.2 Å². The molecule has 14 heteroatoms. The molecule has 0 radical (unpaired) electrons. The fourth-order valence-corrected chi connectivity index (χ4v) is 3.92. The van der Waals surface area contributed by atoms with E-state index < -0.39 is 43.0 Å². The van der Waals surface area contributed by atoms with E-state index in [4.69, 9.17) is 0 Å². The number of aromatic nitrogens is 2. The molecule has 0 fully saturated rings. The summed E-state index contributed by atoms with van der Waals surface area (Å²) in [4.78, 5) is -1.15. The van der Waals surface area contributed by atoms with Crippen molar-refractivity contribution in [3.63, 3.8) is 0 Å². The molecule has 0 atom stereocenters. The third-order valence-electron chi connectivity index (χ3n) is 2.43. The number of anilines is 1. The Morgan fingerprint density at radius 2 is 1.67 bits per heavy atom. The number of rotatable bonds is 3. The standard InChI is InChI=1S/C10H4BrF6N3O2S2/c11-4-1-2-6(5(3-4)9(12,13)14)24(21,22)20-8-19-18-7(23-8)10(15,16)17/h1-3H,(H,19,20).